The molecule has 0 aliphatic rings. The Morgan fingerprint density at radius 1 is 1.35 bits per heavy atom. The molecule has 6 heteroatoms. The van der Waals surface area contributed by atoms with E-state index in [2.05, 4.69) is 10.4 Å². The summed E-state index contributed by atoms with van der Waals surface area (Å²) in [5, 5.41) is 16.0. The van der Waals surface area contributed by atoms with Crippen LogP contribution in [-0.2, 0) is 11.3 Å². The Labute approximate surface area is 119 Å². The summed E-state index contributed by atoms with van der Waals surface area (Å²) < 4.78 is 1.74. The van der Waals surface area contributed by atoms with Crippen LogP contribution < -0.4 is 5.32 Å². The van der Waals surface area contributed by atoms with Gasteiger partial charge >= 0.3 is 5.97 Å². The van der Waals surface area contributed by atoms with E-state index in [0.29, 0.717) is 24.2 Å². The second-order valence-corrected chi connectivity index (χ2v) is 5.36. The van der Waals surface area contributed by atoms with Crippen LogP contribution in [0.3, 0.4) is 0 Å². The van der Waals surface area contributed by atoms with Crippen LogP contribution >= 0.6 is 0 Å². The predicted molar refractivity (Wildman–Crippen MR) is 75.7 cm³/mol. The average molecular weight is 281 g/mol. The molecule has 20 heavy (non-hydrogen) atoms. The highest BCUT2D eigenvalue weighted by molar-refractivity contribution is 5.98. The molecule has 112 valence electrons. The molecule has 2 N–H and O–H groups in total. The largest absolute Gasteiger partial charge is 0.480 e. The van der Waals surface area contributed by atoms with Crippen LogP contribution in [0.4, 0.5) is 0 Å². The molecule has 1 heterocycles. The Morgan fingerprint density at radius 2 is 1.95 bits per heavy atom. The fourth-order valence-electron chi connectivity index (χ4n) is 2.26. The van der Waals surface area contributed by atoms with E-state index in [9.17, 15) is 14.7 Å². The maximum atomic E-state index is 12.3. The predicted octanol–water partition coefficient (Wildman–Crippen LogP) is 1.75. The van der Waals surface area contributed by atoms with E-state index in [-0.39, 0.29) is 11.8 Å². The Bertz CT molecular complexity index is 506. The van der Waals surface area contributed by atoms with Gasteiger partial charge in [-0.05, 0) is 33.1 Å². The van der Waals surface area contributed by atoms with E-state index >= 15 is 0 Å². The summed E-state index contributed by atoms with van der Waals surface area (Å²) in [5.41, 5.74) is 1.86. The minimum absolute atomic E-state index is 0.192. The van der Waals surface area contributed by atoms with Gasteiger partial charge < -0.3 is 10.4 Å². The monoisotopic (exact) mass is 281 g/mol. The van der Waals surface area contributed by atoms with Gasteiger partial charge in [0, 0.05) is 12.2 Å². The van der Waals surface area contributed by atoms with E-state index in [0.717, 1.165) is 5.69 Å². The lowest BCUT2D eigenvalue weighted by molar-refractivity contribution is -0.139. The van der Waals surface area contributed by atoms with E-state index in [1.54, 1.807) is 11.6 Å². The highest BCUT2D eigenvalue weighted by Crippen LogP contribution is 2.14. The maximum absolute atomic E-state index is 12.3. The summed E-state index contributed by atoms with van der Waals surface area (Å²) in [7, 11) is 0. The number of hydrogen-bond acceptors (Lipinski definition) is 3. The maximum Gasteiger partial charge on any atom is 0.326 e. The van der Waals surface area contributed by atoms with Crippen molar-refractivity contribution >= 4 is 11.9 Å². The van der Waals surface area contributed by atoms with Crippen molar-refractivity contribution in [1.82, 2.24) is 15.1 Å². The number of aliphatic carboxylic acids is 1. The fourth-order valence-corrected chi connectivity index (χ4v) is 2.26. The molecule has 0 spiro atoms. The lowest BCUT2D eigenvalue weighted by atomic mass is 10.0. The first-order valence-electron chi connectivity index (χ1n) is 6.85. The zero-order valence-electron chi connectivity index (χ0n) is 12.7. The van der Waals surface area contributed by atoms with E-state index in [1.165, 1.54) is 0 Å². The number of nitrogens with one attached hydrogen (secondary N) is 1. The van der Waals surface area contributed by atoms with Crippen molar-refractivity contribution in [2.24, 2.45) is 5.92 Å². The van der Waals surface area contributed by atoms with Crippen LogP contribution in [0.1, 0.15) is 48.9 Å². The van der Waals surface area contributed by atoms with Gasteiger partial charge in [0.05, 0.1) is 11.3 Å². The molecule has 1 aromatic rings. The molecule has 0 aromatic carbocycles. The number of hydrogen-bond donors (Lipinski definition) is 2. The summed E-state index contributed by atoms with van der Waals surface area (Å²) in [6, 6.07) is -0.869. The second-order valence-electron chi connectivity index (χ2n) is 5.36. The standard InChI is InChI=1S/C14H23N3O3/c1-6-17-10(5)12(9(4)16-17)13(18)15-11(14(19)20)7-8(2)3/h8,11H,6-7H2,1-5H3,(H,15,18)(H,19,20)/t11-/m1/s1. The van der Waals surface area contributed by atoms with Crippen molar-refractivity contribution in [2.75, 3.05) is 0 Å². The summed E-state index contributed by atoms with van der Waals surface area (Å²) in [6.07, 6.45) is 0.404. The molecule has 0 bridgehead atoms. The third-order valence-electron chi connectivity index (χ3n) is 3.22. The number of nitrogens with zero attached hydrogens (tertiary/aromatic N) is 2. The lowest BCUT2D eigenvalue weighted by Gasteiger charge is -2.16. The molecule has 0 fully saturated rings. The average Bonchev–Trinajstić information content (AvgIpc) is 2.62. The van der Waals surface area contributed by atoms with Gasteiger partial charge in [-0.2, -0.15) is 5.10 Å². The van der Waals surface area contributed by atoms with Gasteiger partial charge in [-0.1, -0.05) is 13.8 Å². The third kappa shape index (κ3) is 3.59. The van der Waals surface area contributed by atoms with Gasteiger partial charge in [-0.15, -0.1) is 0 Å². The van der Waals surface area contributed by atoms with Crippen molar-refractivity contribution < 1.29 is 14.7 Å². The summed E-state index contributed by atoms with van der Waals surface area (Å²) in [4.78, 5) is 23.5. The van der Waals surface area contributed by atoms with Gasteiger partial charge in [-0.25, -0.2) is 4.79 Å². The SMILES string of the molecule is CCn1nc(C)c(C(=O)N[C@H](CC(C)C)C(=O)O)c1C. The van der Waals surface area contributed by atoms with Crippen molar-refractivity contribution in [1.29, 1.82) is 0 Å². The molecule has 1 rings (SSSR count). The summed E-state index contributed by atoms with van der Waals surface area (Å²) in [6.45, 7) is 10.0. The molecule has 0 unspecified atom stereocenters. The minimum Gasteiger partial charge on any atom is -0.480 e. The number of carboxylic acids is 1. The highest BCUT2D eigenvalue weighted by Gasteiger charge is 2.25. The van der Waals surface area contributed by atoms with Gasteiger partial charge in [0.2, 0.25) is 0 Å². The first-order valence-corrected chi connectivity index (χ1v) is 6.85. The number of carboxylic acid groups (broad SMARTS) is 1. The second kappa shape index (κ2) is 6.54. The quantitative estimate of drug-likeness (QED) is 0.832. The van der Waals surface area contributed by atoms with Gasteiger partial charge in [0.25, 0.3) is 5.91 Å². The molecule has 0 radical (unpaired) electrons. The van der Waals surface area contributed by atoms with Crippen LogP contribution in [0.25, 0.3) is 0 Å². The number of carbonyl (C=O) groups is 2. The number of aromatic nitrogens is 2. The van der Waals surface area contributed by atoms with Crippen molar-refractivity contribution in [2.45, 2.75) is 53.6 Å². The number of amides is 1. The van der Waals surface area contributed by atoms with E-state index < -0.39 is 12.0 Å². The van der Waals surface area contributed by atoms with Gasteiger partial charge in [0.15, 0.2) is 0 Å². The molecular weight excluding hydrogens is 258 g/mol. The topological polar surface area (TPSA) is 84.2 Å². The molecule has 1 amide bonds. The first kappa shape index (κ1) is 16.2. The highest BCUT2D eigenvalue weighted by atomic mass is 16.4. The van der Waals surface area contributed by atoms with Crippen LogP contribution in [-0.4, -0.2) is 32.8 Å². The Balaban J connectivity index is 2.95. The Morgan fingerprint density at radius 3 is 2.35 bits per heavy atom. The zero-order chi connectivity index (χ0) is 15.4. The van der Waals surface area contributed by atoms with Gasteiger partial charge in [0.1, 0.15) is 6.04 Å². The molecule has 0 aliphatic heterocycles. The van der Waals surface area contributed by atoms with Crippen LogP contribution in [0.2, 0.25) is 0 Å². The number of aryl methyl sites for hydroxylation is 2. The van der Waals surface area contributed by atoms with Crippen LogP contribution in [0.5, 0.6) is 0 Å². The molecule has 0 aliphatic carbocycles. The van der Waals surface area contributed by atoms with E-state index in [4.69, 9.17) is 0 Å². The third-order valence-corrected chi connectivity index (χ3v) is 3.22. The van der Waals surface area contributed by atoms with Crippen molar-refractivity contribution in [3.05, 3.63) is 17.0 Å². The van der Waals surface area contributed by atoms with Crippen molar-refractivity contribution in [3.63, 3.8) is 0 Å². The Hall–Kier alpha value is -1.85. The summed E-state index contributed by atoms with van der Waals surface area (Å²) in [5.74, 6) is -1.19. The van der Waals surface area contributed by atoms with Crippen molar-refractivity contribution in [3.8, 4) is 0 Å². The van der Waals surface area contributed by atoms with E-state index in [1.807, 2.05) is 27.7 Å². The number of carbonyl (C=O) groups excluding carboxylic acids is 1. The fraction of sp³-hybridized carbons (Fsp3) is 0.643. The van der Waals surface area contributed by atoms with Crippen LogP contribution in [0, 0.1) is 19.8 Å². The minimum atomic E-state index is -1.01. The molecular formula is C14H23N3O3. The van der Waals surface area contributed by atoms with Gasteiger partial charge in [-0.3, -0.25) is 9.48 Å². The van der Waals surface area contributed by atoms with Crippen LogP contribution in [0.15, 0.2) is 0 Å². The smallest absolute Gasteiger partial charge is 0.326 e. The molecule has 1 atom stereocenters. The molecule has 0 saturated heterocycles. The normalized spacial score (nSPS) is 12.5. The molecule has 1 aromatic heterocycles. The summed E-state index contributed by atoms with van der Waals surface area (Å²) >= 11 is 0. The molecule has 6 nitrogen and oxygen atoms in total. The first-order chi connectivity index (χ1) is 9.27. The number of rotatable bonds is 6. The zero-order valence-corrected chi connectivity index (χ0v) is 12.7. The lowest BCUT2D eigenvalue weighted by Crippen LogP contribution is -2.42. The molecule has 0 saturated carbocycles. The Kier molecular flexibility index (Phi) is 5.30.